The normalized spacial score (nSPS) is 16.5. The molecule has 144 valence electrons. The Bertz CT molecular complexity index is 958. The summed E-state index contributed by atoms with van der Waals surface area (Å²) in [7, 11) is 0. The summed E-state index contributed by atoms with van der Waals surface area (Å²) in [5.41, 5.74) is 1.20. The van der Waals surface area contributed by atoms with Crippen LogP contribution in [0.2, 0.25) is 5.02 Å². The fraction of sp³-hybridized carbons (Fsp3) is 0.200. The number of imide groups is 1. The first-order valence-corrected chi connectivity index (χ1v) is 8.97. The molecule has 0 unspecified atom stereocenters. The van der Waals surface area contributed by atoms with Crippen molar-refractivity contribution < 1.29 is 19.2 Å². The van der Waals surface area contributed by atoms with Gasteiger partial charge in [-0.1, -0.05) is 23.7 Å². The van der Waals surface area contributed by atoms with E-state index in [1.54, 1.807) is 55.5 Å². The molecule has 2 aromatic rings. The van der Waals surface area contributed by atoms with E-state index >= 15 is 0 Å². The third kappa shape index (κ3) is 3.75. The molecule has 0 aliphatic carbocycles. The highest BCUT2D eigenvalue weighted by Gasteiger charge is 2.44. The maximum absolute atomic E-state index is 12.7. The van der Waals surface area contributed by atoms with Gasteiger partial charge in [-0.3, -0.25) is 24.2 Å². The summed E-state index contributed by atoms with van der Waals surface area (Å²) < 4.78 is 0. The zero-order valence-corrected chi connectivity index (χ0v) is 16.1. The molecule has 8 heteroatoms. The highest BCUT2D eigenvalue weighted by Crippen LogP contribution is 2.27. The summed E-state index contributed by atoms with van der Waals surface area (Å²) in [6, 6.07) is 11.7. The maximum atomic E-state index is 12.7. The molecule has 1 heterocycles. The minimum Gasteiger partial charge on any atom is -0.324 e. The molecule has 0 radical (unpaired) electrons. The van der Waals surface area contributed by atoms with E-state index in [1.807, 2.05) is 0 Å². The quantitative estimate of drug-likeness (QED) is 0.617. The average molecular weight is 400 g/mol. The lowest BCUT2D eigenvalue weighted by molar-refractivity contribution is -0.130. The number of hydrogen-bond donors (Lipinski definition) is 1. The summed E-state index contributed by atoms with van der Waals surface area (Å²) in [5.74, 6) is -1.25. The smallest absolute Gasteiger partial charge is 0.324 e. The number of carbonyl (C=O) groups is 4. The number of Topliss-reactive ketones (excluding diaryl/α,β-unsaturated/α-hetero) is 1. The summed E-state index contributed by atoms with van der Waals surface area (Å²) >= 11 is 5.87. The van der Waals surface area contributed by atoms with E-state index in [4.69, 9.17) is 11.6 Å². The summed E-state index contributed by atoms with van der Waals surface area (Å²) in [6.45, 7) is 2.54. The van der Waals surface area contributed by atoms with Crippen LogP contribution in [-0.4, -0.2) is 41.1 Å². The minimum atomic E-state index is -0.744. The number of benzene rings is 2. The van der Waals surface area contributed by atoms with Crippen molar-refractivity contribution in [2.24, 2.45) is 0 Å². The maximum Gasteiger partial charge on any atom is 0.332 e. The van der Waals surface area contributed by atoms with Crippen LogP contribution in [0.3, 0.4) is 0 Å². The van der Waals surface area contributed by atoms with Gasteiger partial charge in [0.25, 0.3) is 5.91 Å². The van der Waals surface area contributed by atoms with Crippen molar-refractivity contribution in [2.45, 2.75) is 19.9 Å². The van der Waals surface area contributed by atoms with Gasteiger partial charge < -0.3 is 5.32 Å². The molecule has 1 atom stereocenters. The molecule has 1 saturated heterocycles. The van der Waals surface area contributed by atoms with E-state index in [0.717, 1.165) is 4.90 Å². The van der Waals surface area contributed by atoms with Gasteiger partial charge in [0, 0.05) is 16.3 Å². The van der Waals surface area contributed by atoms with Crippen molar-refractivity contribution in [1.29, 1.82) is 0 Å². The number of nitrogens with one attached hydrogen (secondary N) is 1. The molecule has 0 saturated carbocycles. The van der Waals surface area contributed by atoms with Gasteiger partial charge in [-0.15, -0.1) is 0 Å². The van der Waals surface area contributed by atoms with Gasteiger partial charge in [0.05, 0.1) is 5.69 Å². The monoisotopic (exact) mass is 399 g/mol. The van der Waals surface area contributed by atoms with Crippen molar-refractivity contribution in [2.75, 3.05) is 16.8 Å². The van der Waals surface area contributed by atoms with Crippen LogP contribution in [0.15, 0.2) is 48.5 Å². The topological polar surface area (TPSA) is 86.8 Å². The Labute approximate surface area is 166 Å². The second kappa shape index (κ2) is 7.82. The van der Waals surface area contributed by atoms with Crippen LogP contribution in [0.1, 0.15) is 24.2 Å². The molecule has 1 fully saturated rings. The van der Waals surface area contributed by atoms with Crippen molar-refractivity contribution in [3.05, 3.63) is 59.1 Å². The van der Waals surface area contributed by atoms with Gasteiger partial charge in [0.2, 0.25) is 5.91 Å². The van der Waals surface area contributed by atoms with E-state index in [-0.39, 0.29) is 5.78 Å². The molecule has 7 nitrogen and oxygen atoms in total. The second-order valence-electron chi connectivity index (χ2n) is 6.38. The number of rotatable bonds is 5. The molecule has 2 aromatic carbocycles. The minimum absolute atomic E-state index is 0.202. The second-order valence-corrected chi connectivity index (χ2v) is 6.82. The van der Waals surface area contributed by atoms with Crippen LogP contribution in [0.4, 0.5) is 16.2 Å². The largest absolute Gasteiger partial charge is 0.332 e. The van der Waals surface area contributed by atoms with Gasteiger partial charge in [0.1, 0.15) is 12.6 Å². The highest BCUT2D eigenvalue weighted by molar-refractivity contribution is 6.30. The molecule has 0 spiro atoms. The Morgan fingerprint density at radius 1 is 1.07 bits per heavy atom. The zero-order chi connectivity index (χ0) is 20.4. The molecule has 1 N–H and O–H groups in total. The molecular weight excluding hydrogens is 382 g/mol. The zero-order valence-electron chi connectivity index (χ0n) is 15.3. The van der Waals surface area contributed by atoms with Gasteiger partial charge in [-0.25, -0.2) is 4.79 Å². The average Bonchev–Trinajstić information content (AvgIpc) is 2.86. The number of urea groups is 1. The molecule has 1 aliphatic rings. The number of ketones is 1. The summed E-state index contributed by atoms with van der Waals surface area (Å²) in [5, 5.41) is 3.10. The van der Waals surface area contributed by atoms with Crippen LogP contribution >= 0.6 is 11.6 Å². The lowest BCUT2D eigenvalue weighted by atomic mass is 10.1. The highest BCUT2D eigenvalue weighted by atomic mass is 35.5. The fourth-order valence-corrected chi connectivity index (χ4v) is 3.17. The van der Waals surface area contributed by atoms with E-state index in [1.165, 1.54) is 11.8 Å². The van der Waals surface area contributed by atoms with Crippen molar-refractivity contribution in [3.8, 4) is 0 Å². The van der Waals surface area contributed by atoms with E-state index in [9.17, 15) is 19.2 Å². The molecule has 0 bridgehead atoms. The first kappa shape index (κ1) is 19.6. The third-order valence-electron chi connectivity index (χ3n) is 4.43. The lowest BCUT2D eigenvalue weighted by Crippen LogP contribution is -2.39. The van der Waals surface area contributed by atoms with E-state index in [2.05, 4.69) is 5.32 Å². The van der Waals surface area contributed by atoms with Crippen LogP contribution in [0, 0.1) is 0 Å². The predicted molar refractivity (Wildman–Crippen MR) is 106 cm³/mol. The van der Waals surface area contributed by atoms with Crippen molar-refractivity contribution in [1.82, 2.24) is 4.90 Å². The number of nitrogens with zero attached hydrogens (tertiary/aromatic N) is 2. The van der Waals surface area contributed by atoms with Crippen molar-refractivity contribution >= 4 is 46.6 Å². The number of carbonyl (C=O) groups excluding carboxylic acids is 4. The lowest BCUT2D eigenvalue weighted by Gasteiger charge is -2.19. The number of para-hydroxylation sites is 1. The van der Waals surface area contributed by atoms with Crippen LogP contribution in [0.25, 0.3) is 0 Å². The molecular formula is C20H18ClN3O4. The molecule has 3 rings (SSSR count). The van der Waals surface area contributed by atoms with Gasteiger partial charge in [-0.2, -0.15) is 0 Å². The first-order valence-electron chi connectivity index (χ1n) is 8.59. The number of anilines is 2. The fourth-order valence-electron chi connectivity index (χ4n) is 3.04. The summed E-state index contributed by atoms with van der Waals surface area (Å²) in [4.78, 5) is 51.6. The number of amides is 4. The predicted octanol–water partition coefficient (Wildman–Crippen LogP) is 3.34. The van der Waals surface area contributed by atoms with Gasteiger partial charge in [0.15, 0.2) is 5.78 Å². The third-order valence-corrected chi connectivity index (χ3v) is 4.69. The molecule has 1 aliphatic heterocycles. The van der Waals surface area contributed by atoms with Gasteiger partial charge >= 0.3 is 6.03 Å². The Balaban J connectivity index is 1.76. The van der Waals surface area contributed by atoms with Crippen LogP contribution < -0.4 is 10.2 Å². The van der Waals surface area contributed by atoms with Crippen LogP contribution in [-0.2, 0) is 9.59 Å². The molecule has 28 heavy (non-hydrogen) atoms. The Hall–Kier alpha value is -3.19. The molecule has 0 aromatic heterocycles. The standard InChI is InChI=1S/C20H18ClN3O4/c1-12-19(27)23(20(28)24(12)15-9-7-14(21)8-10-15)11-18(26)22-17-6-4-3-5-16(17)13(2)25/h3-10,12H,11H2,1-2H3,(H,22,26)/t12-/m0/s1. The Kier molecular flexibility index (Phi) is 5.46. The molecule has 4 amide bonds. The van der Waals surface area contributed by atoms with Crippen molar-refractivity contribution in [3.63, 3.8) is 0 Å². The van der Waals surface area contributed by atoms with Gasteiger partial charge in [-0.05, 0) is 50.2 Å². The summed E-state index contributed by atoms with van der Waals surface area (Å²) in [6.07, 6.45) is 0. The SMILES string of the molecule is CC(=O)c1ccccc1NC(=O)CN1C(=O)[C@H](C)N(c2ccc(Cl)cc2)C1=O. The number of halogens is 1. The first-order chi connectivity index (χ1) is 13.3. The Morgan fingerprint density at radius 3 is 2.36 bits per heavy atom. The van der Waals surface area contributed by atoms with Crippen LogP contribution in [0.5, 0.6) is 0 Å². The number of hydrogen-bond acceptors (Lipinski definition) is 4. The van der Waals surface area contributed by atoms with E-state index in [0.29, 0.717) is 22.0 Å². The Morgan fingerprint density at radius 2 is 1.71 bits per heavy atom. The van der Waals surface area contributed by atoms with E-state index < -0.39 is 30.4 Å².